The number of aromatic nitrogens is 4. The Kier molecular flexibility index (Phi) is 9.81. The summed E-state index contributed by atoms with van der Waals surface area (Å²) in [5.74, 6) is 0.511. The summed E-state index contributed by atoms with van der Waals surface area (Å²) < 4.78 is 15.4. The van der Waals surface area contributed by atoms with Gasteiger partial charge in [0, 0.05) is 43.2 Å². The molecular weight excluding hydrogens is 635 g/mol. The van der Waals surface area contributed by atoms with Gasteiger partial charge in [0.15, 0.2) is 11.4 Å². The van der Waals surface area contributed by atoms with E-state index in [-0.39, 0.29) is 36.3 Å². The van der Waals surface area contributed by atoms with Crippen molar-refractivity contribution in [2.45, 2.75) is 43.7 Å². The lowest BCUT2D eigenvalue weighted by molar-refractivity contribution is -0.268. The maximum absolute atomic E-state index is 12.9. The van der Waals surface area contributed by atoms with Crippen LogP contribution < -0.4 is 5.32 Å². The molecule has 2 N–H and O–H groups in total. The van der Waals surface area contributed by atoms with Gasteiger partial charge in [-0.05, 0) is 52.1 Å². The molecular formula is C39H37N5O4S. The molecule has 0 bridgehead atoms. The van der Waals surface area contributed by atoms with E-state index in [0.29, 0.717) is 12.1 Å². The maximum Gasteiger partial charge on any atom is 0.271 e. The monoisotopic (exact) mass is 671 g/mol. The standard InChI is InChI=1S/C39H37N5O4S/c1-25-35(24-49-39-40-17-18-44(39)2)47-38(48-36(25)28-15-13-26(23-45)14-16-28)31-10-6-9-30(20-31)29-8-5-7-27(19-29)21-42-37(46)34-22-41-32-11-3-4-12-33(32)43-34/h3-20,22,25,35-36,38,45H,21,23-24H2,1-2H3,(H,42,46). The van der Waals surface area contributed by atoms with Gasteiger partial charge in [-0.15, -0.1) is 0 Å². The van der Waals surface area contributed by atoms with Crippen LogP contribution in [0.15, 0.2) is 121 Å². The number of nitrogens with zero attached hydrogens (tertiary/aromatic N) is 4. The van der Waals surface area contributed by atoms with Crippen LogP contribution in [0, 0.1) is 5.92 Å². The van der Waals surface area contributed by atoms with E-state index in [1.165, 1.54) is 6.20 Å². The van der Waals surface area contributed by atoms with E-state index in [1.54, 1.807) is 18.0 Å². The van der Waals surface area contributed by atoms with Crippen molar-refractivity contribution in [3.8, 4) is 11.1 Å². The lowest BCUT2D eigenvalue weighted by Gasteiger charge is -2.41. The fraction of sp³-hybridized carbons (Fsp3) is 0.231. The number of ether oxygens (including phenoxy) is 2. The van der Waals surface area contributed by atoms with E-state index < -0.39 is 6.29 Å². The van der Waals surface area contributed by atoms with Crippen LogP contribution in [-0.2, 0) is 29.7 Å². The minimum atomic E-state index is -0.587. The number of benzene rings is 4. The zero-order chi connectivity index (χ0) is 33.7. The van der Waals surface area contributed by atoms with Crippen LogP contribution in [0.2, 0.25) is 0 Å². The van der Waals surface area contributed by atoms with E-state index in [9.17, 15) is 9.90 Å². The predicted octanol–water partition coefficient (Wildman–Crippen LogP) is 7.04. The molecule has 10 heteroatoms. The number of amides is 1. The van der Waals surface area contributed by atoms with E-state index in [1.807, 2.05) is 90.6 Å². The summed E-state index contributed by atoms with van der Waals surface area (Å²) >= 11 is 1.67. The Morgan fingerprint density at radius 2 is 1.65 bits per heavy atom. The fourth-order valence-electron chi connectivity index (χ4n) is 6.02. The average Bonchev–Trinajstić information content (AvgIpc) is 3.57. The zero-order valence-electron chi connectivity index (χ0n) is 27.3. The van der Waals surface area contributed by atoms with E-state index in [0.717, 1.165) is 49.8 Å². The number of rotatable bonds is 10. The number of fused-ring (bicyclic) bond motifs is 1. The molecule has 1 amide bonds. The molecule has 1 aliphatic heterocycles. The van der Waals surface area contributed by atoms with Gasteiger partial charge in [0.25, 0.3) is 5.91 Å². The first kappa shape index (κ1) is 32.7. The quantitative estimate of drug-likeness (QED) is 0.149. The fourth-order valence-corrected chi connectivity index (χ4v) is 7.12. The van der Waals surface area contributed by atoms with Crippen LogP contribution in [-0.4, -0.2) is 42.4 Å². The Bertz CT molecular complexity index is 2070. The third-order valence-corrected chi connectivity index (χ3v) is 9.98. The van der Waals surface area contributed by atoms with Crippen LogP contribution >= 0.6 is 11.8 Å². The van der Waals surface area contributed by atoms with Gasteiger partial charge in [0.2, 0.25) is 0 Å². The number of para-hydroxylation sites is 2. The second kappa shape index (κ2) is 14.7. The number of aliphatic hydroxyl groups excluding tert-OH is 1. The number of nitrogens with one attached hydrogen (secondary N) is 1. The SMILES string of the molecule is CC1C(CSc2nccn2C)OC(c2cccc(-c3cccc(CNC(=O)c4cnc5ccccc5n4)c3)c2)OC1c1ccc(CO)cc1. The maximum atomic E-state index is 12.9. The lowest BCUT2D eigenvalue weighted by Crippen LogP contribution is -2.38. The summed E-state index contributed by atoms with van der Waals surface area (Å²) in [5.41, 5.74) is 7.53. The zero-order valence-corrected chi connectivity index (χ0v) is 28.1. The van der Waals surface area contributed by atoms with E-state index >= 15 is 0 Å². The van der Waals surface area contributed by atoms with Gasteiger partial charge < -0.3 is 24.5 Å². The first-order chi connectivity index (χ1) is 23.9. The van der Waals surface area contributed by atoms with Crippen LogP contribution in [0.3, 0.4) is 0 Å². The molecule has 6 aromatic rings. The topological polar surface area (TPSA) is 111 Å². The molecule has 4 unspecified atom stereocenters. The van der Waals surface area contributed by atoms with Crippen molar-refractivity contribution in [1.82, 2.24) is 24.8 Å². The van der Waals surface area contributed by atoms with Gasteiger partial charge in [-0.2, -0.15) is 0 Å². The van der Waals surface area contributed by atoms with Gasteiger partial charge in [0.1, 0.15) is 5.69 Å². The summed E-state index contributed by atoms with van der Waals surface area (Å²) in [7, 11) is 1.99. The van der Waals surface area contributed by atoms with Crippen LogP contribution in [0.25, 0.3) is 22.2 Å². The minimum Gasteiger partial charge on any atom is -0.392 e. The highest BCUT2D eigenvalue weighted by Gasteiger charge is 2.38. The molecule has 1 fully saturated rings. The molecule has 49 heavy (non-hydrogen) atoms. The highest BCUT2D eigenvalue weighted by Crippen LogP contribution is 2.43. The van der Waals surface area contributed by atoms with E-state index in [4.69, 9.17) is 9.47 Å². The molecule has 0 radical (unpaired) electrons. The molecule has 3 heterocycles. The van der Waals surface area contributed by atoms with Gasteiger partial charge in [-0.1, -0.05) is 91.5 Å². The number of carbonyl (C=O) groups excluding carboxylic acids is 1. The Balaban J connectivity index is 1.09. The summed E-state index contributed by atoms with van der Waals surface area (Å²) in [4.78, 5) is 26.2. The van der Waals surface area contributed by atoms with E-state index in [2.05, 4.69) is 51.5 Å². The molecule has 0 saturated carbocycles. The number of thioether (sulfide) groups is 1. The highest BCUT2D eigenvalue weighted by atomic mass is 32.2. The normalized spacial score (nSPS) is 19.2. The van der Waals surface area contributed by atoms with Crippen molar-refractivity contribution in [3.63, 3.8) is 0 Å². The van der Waals surface area contributed by atoms with Crippen LogP contribution in [0.5, 0.6) is 0 Å². The molecule has 0 spiro atoms. The number of hydrogen-bond acceptors (Lipinski definition) is 8. The van der Waals surface area contributed by atoms with Crippen molar-refractivity contribution in [1.29, 1.82) is 0 Å². The number of aliphatic hydroxyl groups is 1. The van der Waals surface area contributed by atoms with Crippen LogP contribution in [0.1, 0.15) is 52.1 Å². The summed E-state index contributed by atoms with van der Waals surface area (Å²) in [6.45, 7) is 2.51. The molecule has 4 aromatic carbocycles. The Labute approximate surface area is 289 Å². The number of hydrogen-bond donors (Lipinski definition) is 2. The second-order valence-corrected chi connectivity index (χ2v) is 13.2. The van der Waals surface area contributed by atoms with Crippen molar-refractivity contribution in [2.75, 3.05) is 5.75 Å². The summed E-state index contributed by atoms with van der Waals surface area (Å²) in [5, 5.41) is 13.5. The Hall–Kier alpha value is -4.87. The first-order valence-corrected chi connectivity index (χ1v) is 17.2. The molecule has 7 rings (SSSR count). The number of aryl methyl sites for hydroxylation is 1. The van der Waals surface area contributed by atoms with Crippen molar-refractivity contribution in [3.05, 3.63) is 144 Å². The molecule has 248 valence electrons. The predicted molar refractivity (Wildman–Crippen MR) is 189 cm³/mol. The van der Waals surface area contributed by atoms with Gasteiger partial charge in [-0.25, -0.2) is 9.97 Å². The third kappa shape index (κ3) is 7.42. The smallest absolute Gasteiger partial charge is 0.271 e. The summed E-state index contributed by atoms with van der Waals surface area (Å²) in [6.07, 6.45) is 4.35. The van der Waals surface area contributed by atoms with Gasteiger partial charge in [-0.3, -0.25) is 9.78 Å². The third-order valence-electron chi connectivity index (χ3n) is 8.83. The average molecular weight is 672 g/mol. The van der Waals surface area contributed by atoms with Crippen LogP contribution in [0.4, 0.5) is 0 Å². The second-order valence-electron chi connectivity index (χ2n) is 12.2. The molecule has 2 aromatic heterocycles. The number of carbonyl (C=O) groups is 1. The lowest BCUT2D eigenvalue weighted by atomic mass is 9.91. The Morgan fingerprint density at radius 1 is 0.878 bits per heavy atom. The van der Waals surface area contributed by atoms with Gasteiger partial charge >= 0.3 is 0 Å². The van der Waals surface area contributed by atoms with Crippen molar-refractivity contribution in [2.24, 2.45) is 13.0 Å². The molecule has 0 aliphatic carbocycles. The highest BCUT2D eigenvalue weighted by molar-refractivity contribution is 7.99. The molecule has 1 aliphatic rings. The molecule has 1 saturated heterocycles. The van der Waals surface area contributed by atoms with Crippen molar-refractivity contribution >= 4 is 28.7 Å². The largest absolute Gasteiger partial charge is 0.392 e. The molecule has 9 nitrogen and oxygen atoms in total. The Morgan fingerprint density at radius 3 is 2.43 bits per heavy atom. The van der Waals surface area contributed by atoms with Crippen molar-refractivity contribution < 1.29 is 19.4 Å². The van der Waals surface area contributed by atoms with Gasteiger partial charge in [0.05, 0.1) is 36.0 Å². The minimum absolute atomic E-state index is 0.00444. The number of imidazole rings is 1. The summed E-state index contributed by atoms with van der Waals surface area (Å²) in [6, 6.07) is 31.8. The first-order valence-electron chi connectivity index (χ1n) is 16.2. The molecule has 4 atom stereocenters.